The van der Waals surface area contributed by atoms with Gasteiger partial charge in [0.1, 0.15) is 0 Å². The molecule has 0 spiro atoms. The van der Waals surface area contributed by atoms with Gasteiger partial charge in [-0.25, -0.2) is 0 Å². The van der Waals surface area contributed by atoms with Crippen LogP contribution >= 0.6 is 0 Å². The van der Waals surface area contributed by atoms with Crippen molar-refractivity contribution < 1.29 is 0 Å². The first-order valence-corrected chi connectivity index (χ1v) is 5.74. The molecule has 4 N–H and O–H groups in total. The molecule has 0 aromatic rings. The number of nitrogens with one attached hydrogen (secondary N) is 4. The Morgan fingerprint density at radius 1 is 0.786 bits per heavy atom. The fourth-order valence-electron chi connectivity index (χ4n) is 2.24. The molecule has 2 aliphatic rings. The van der Waals surface area contributed by atoms with Crippen LogP contribution in [0.3, 0.4) is 0 Å². The predicted molar refractivity (Wildman–Crippen MR) is 58.0 cm³/mol. The Bertz CT molecular complexity index is 165. The minimum absolute atomic E-state index is 0.376. The third kappa shape index (κ3) is 2.45. The van der Waals surface area contributed by atoms with Crippen molar-refractivity contribution in [3.63, 3.8) is 0 Å². The first-order valence-electron chi connectivity index (χ1n) is 5.74. The smallest absolute Gasteiger partial charge is 0.0868 e. The molecule has 4 atom stereocenters. The van der Waals surface area contributed by atoms with Crippen LogP contribution in [0.1, 0.15) is 26.7 Å². The van der Waals surface area contributed by atoms with E-state index in [4.69, 9.17) is 0 Å². The summed E-state index contributed by atoms with van der Waals surface area (Å²) in [6.45, 7) is 6.74. The van der Waals surface area contributed by atoms with E-state index >= 15 is 0 Å². The molecule has 0 amide bonds. The summed E-state index contributed by atoms with van der Waals surface area (Å²) in [5, 5.41) is 14.1. The van der Waals surface area contributed by atoms with Gasteiger partial charge < -0.3 is 0 Å². The van der Waals surface area contributed by atoms with Gasteiger partial charge in [0.15, 0.2) is 0 Å². The van der Waals surface area contributed by atoms with Crippen molar-refractivity contribution in [3.8, 4) is 0 Å². The van der Waals surface area contributed by atoms with Crippen molar-refractivity contribution in [2.75, 3.05) is 13.1 Å². The number of hydrogen-bond donors (Lipinski definition) is 4. The molecule has 2 heterocycles. The Labute approximate surface area is 86.2 Å². The molecular weight excluding hydrogens is 176 g/mol. The zero-order valence-electron chi connectivity index (χ0n) is 9.14. The van der Waals surface area contributed by atoms with Gasteiger partial charge in [0.05, 0.1) is 12.3 Å². The van der Waals surface area contributed by atoms with E-state index in [1.807, 2.05) is 0 Å². The van der Waals surface area contributed by atoms with Crippen molar-refractivity contribution in [1.82, 2.24) is 21.3 Å². The van der Waals surface area contributed by atoms with Crippen LogP contribution in [0.4, 0.5) is 0 Å². The van der Waals surface area contributed by atoms with Gasteiger partial charge in [0.25, 0.3) is 0 Å². The van der Waals surface area contributed by atoms with E-state index in [0.29, 0.717) is 24.4 Å². The van der Waals surface area contributed by atoms with Crippen LogP contribution < -0.4 is 21.3 Å². The van der Waals surface area contributed by atoms with Crippen LogP contribution in [-0.4, -0.2) is 37.5 Å². The third-order valence-corrected chi connectivity index (χ3v) is 3.14. The second-order valence-electron chi connectivity index (χ2n) is 4.58. The summed E-state index contributed by atoms with van der Waals surface area (Å²) in [5.41, 5.74) is 0. The Morgan fingerprint density at radius 3 is 1.57 bits per heavy atom. The largest absolute Gasteiger partial charge is 0.299 e. The van der Waals surface area contributed by atoms with Crippen LogP contribution in [-0.2, 0) is 0 Å². The molecule has 0 aliphatic carbocycles. The first kappa shape index (κ1) is 10.4. The van der Waals surface area contributed by atoms with Gasteiger partial charge in [-0.2, -0.15) is 0 Å². The maximum Gasteiger partial charge on any atom is 0.0868 e. The Morgan fingerprint density at radius 2 is 1.21 bits per heavy atom. The molecule has 0 aromatic carbocycles. The zero-order chi connectivity index (χ0) is 9.97. The molecule has 2 fully saturated rings. The van der Waals surface area contributed by atoms with Crippen LogP contribution in [0.15, 0.2) is 0 Å². The van der Waals surface area contributed by atoms with Gasteiger partial charge in [-0.05, 0) is 39.8 Å². The van der Waals surface area contributed by atoms with Gasteiger partial charge in [0, 0.05) is 12.1 Å². The van der Waals surface area contributed by atoms with Crippen molar-refractivity contribution in [2.24, 2.45) is 0 Å². The van der Waals surface area contributed by atoms with E-state index in [2.05, 4.69) is 35.1 Å². The lowest BCUT2D eigenvalue weighted by molar-refractivity contribution is 0.188. The maximum atomic E-state index is 3.57. The molecule has 14 heavy (non-hydrogen) atoms. The Balaban J connectivity index is 1.86. The molecule has 0 bridgehead atoms. The lowest BCUT2D eigenvalue weighted by Gasteiger charge is -2.40. The molecule has 4 heteroatoms. The molecule has 0 radical (unpaired) electrons. The van der Waals surface area contributed by atoms with Gasteiger partial charge in [0.2, 0.25) is 0 Å². The van der Waals surface area contributed by atoms with Crippen molar-refractivity contribution >= 4 is 0 Å². The topological polar surface area (TPSA) is 48.1 Å². The molecule has 82 valence electrons. The second-order valence-corrected chi connectivity index (χ2v) is 4.58. The molecule has 0 aromatic heterocycles. The lowest BCUT2D eigenvalue weighted by atomic mass is 10.1. The van der Waals surface area contributed by atoms with E-state index in [0.717, 1.165) is 13.1 Å². The molecule has 0 unspecified atom stereocenters. The Kier molecular flexibility index (Phi) is 3.38. The highest BCUT2D eigenvalue weighted by atomic mass is 15.3. The van der Waals surface area contributed by atoms with E-state index in [1.165, 1.54) is 12.8 Å². The fraction of sp³-hybridized carbons (Fsp3) is 1.00. The summed E-state index contributed by atoms with van der Waals surface area (Å²) in [5.74, 6) is 0. The average molecular weight is 198 g/mol. The maximum absolute atomic E-state index is 3.57. The second kappa shape index (κ2) is 4.57. The molecule has 0 saturated carbocycles. The van der Waals surface area contributed by atoms with Gasteiger partial charge in [-0.3, -0.25) is 21.3 Å². The quantitative estimate of drug-likeness (QED) is 0.462. The van der Waals surface area contributed by atoms with Crippen LogP contribution in [0.5, 0.6) is 0 Å². The standard InChI is InChI=1S/C10H22N4/c1-7-3-5-11-9(13-7)10-12-6-4-8(2)14-10/h7-14H,3-6H2,1-2H3/t7-,8-,9+,10+/m0/s1. The number of hydrogen-bond acceptors (Lipinski definition) is 4. The highest BCUT2D eigenvalue weighted by Crippen LogP contribution is 2.05. The summed E-state index contributed by atoms with van der Waals surface area (Å²) in [6.07, 6.45) is 3.19. The minimum Gasteiger partial charge on any atom is -0.299 e. The predicted octanol–water partition coefficient (Wildman–Crippen LogP) is -0.419. The van der Waals surface area contributed by atoms with Crippen molar-refractivity contribution in [1.29, 1.82) is 0 Å². The van der Waals surface area contributed by atoms with E-state index in [1.54, 1.807) is 0 Å². The molecule has 2 saturated heterocycles. The summed E-state index contributed by atoms with van der Waals surface area (Å²) in [6, 6.07) is 1.25. The van der Waals surface area contributed by atoms with Gasteiger partial charge in [-0.1, -0.05) is 0 Å². The van der Waals surface area contributed by atoms with Gasteiger partial charge >= 0.3 is 0 Å². The molecular formula is C10H22N4. The third-order valence-electron chi connectivity index (χ3n) is 3.14. The average Bonchev–Trinajstić information content (AvgIpc) is 2.18. The van der Waals surface area contributed by atoms with Crippen LogP contribution in [0, 0.1) is 0 Å². The van der Waals surface area contributed by atoms with Crippen LogP contribution in [0.25, 0.3) is 0 Å². The summed E-state index contributed by atoms with van der Waals surface area (Å²) in [4.78, 5) is 0. The van der Waals surface area contributed by atoms with E-state index in [-0.39, 0.29) is 0 Å². The van der Waals surface area contributed by atoms with Crippen molar-refractivity contribution in [2.45, 2.75) is 51.1 Å². The monoisotopic (exact) mass is 198 g/mol. The summed E-state index contributed by atoms with van der Waals surface area (Å²) in [7, 11) is 0. The highest BCUT2D eigenvalue weighted by Gasteiger charge is 2.28. The highest BCUT2D eigenvalue weighted by molar-refractivity contribution is 4.88. The van der Waals surface area contributed by atoms with Crippen molar-refractivity contribution in [3.05, 3.63) is 0 Å². The molecule has 4 nitrogen and oxygen atoms in total. The normalized spacial score (nSPS) is 45.0. The lowest BCUT2D eigenvalue weighted by Crippen LogP contribution is -2.69. The van der Waals surface area contributed by atoms with E-state index < -0.39 is 0 Å². The van der Waals surface area contributed by atoms with Crippen LogP contribution in [0.2, 0.25) is 0 Å². The van der Waals surface area contributed by atoms with Gasteiger partial charge in [-0.15, -0.1) is 0 Å². The Hall–Kier alpha value is -0.160. The summed E-state index contributed by atoms with van der Waals surface area (Å²) >= 11 is 0. The SMILES string of the molecule is C[C@H]1CCN[C@@H]([C@@H]2NCC[C@H](C)N2)N1. The zero-order valence-corrected chi connectivity index (χ0v) is 9.14. The fourth-order valence-corrected chi connectivity index (χ4v) is 2.24. The minimum atomic E-state index is 0.376. The number of rotatable bonds is 1. The summed E-state index contributed by atoms with van der Waals surface area (Å²) < 4.78 is 0. The first-order chi connectivity index (χ1) is 6.75. The van der Waals surface area contributed by atoms with E-state index in [9.17, 15) is 0 Å². The molecule has 2 aliphatic heterocycles. The molecule has 2 rings (SSSR count).